The van der Waals surface area contributed by atoms with Crippen LogP contribution in [0.1, 0.15) is 44.9 Å². The van der Waals surface area contributed by atoms with E-state index >= 15 is 0 Å². The lowest BCUT2D eigenvalue weighted by molar-refractivity contribution is -0.237. The summed E-state index contributed by atoms with van der Waals surface area (Å²) in [7, 11) is 0. The fourth-order valence-corrected chi connectivity index (χ4v) is 3.42. The van der Waals surface area contributed by atoms with Gasteiger partial charge in [-0.05, 0) is 72.8 Å². The van der Waals surface area contributed by atoms with E-state index in [2.05, 4.69) is 0 Å². The second kappa shape index (κ2) is 11.8. The van der Waals surface area contributed by atoms with Gasteiger partial charge >= 0.3 is 5.91 Å². The van der Waals surface area contributed by atoms with Crippen LogP contribution in [0.15, 0.2) is 72.8 Å². The Labute approximate surface area is 198 Å². The molecule has 0 atom stereocenters. The van der Waals surface area contributed by atoms with Crippen molar-refractivity contribution in [2.45, 2.75) is 19.8 Å². The zero-order valence-electron chi connectivity index (χ0n) is 19.2. The molecule has 0 amide bonds. The number of carbonyl (C=O) groups excluding carboxylic acids is 3. The van der Waals surface area contributed by atoms with Gasteiger partial charge in [-0.25, -0.2) is 4.90 Å². The topological polar surface area (TPSA) is 82.1 Å². The molecule has 3 aromatic rings. The first-order valence-corrected chi connectivity index (χ1v) is 11.0. The maximum absolute atomic E-state index is 11.1. The van der Waals surface area contributed by atoms with E-state index in [0.29, 0.717) is 47.0 Å². The fourth-order valence-electron chi connectivity index (χ4n) is 3.42. The summed E-state index contributed by atoms with van der Waals surface area (Å²) >= 11 is 0. The maximum Gasteiger partial charge on any atom is 0.351 e. The van der Waals surface area contributed by atoms with Gasteiger partial charge in [0.25, 0.3) is 0 Å². The first kappa shape index (κ1) is 24.7. The number of carbonyl (C=O) groups is 3. The molecule has 0 heterocycles. The predicted octanol–water partition coefficient (Wildman–Crippen LogP) is 4.66. The highest BCUT2D eigenvalue weighted by molar-refractivity contribution is 5.75. The third kappa shape index (κ3) is 6.08. The van der Waals surface area contributed by atoms with E-state index in [-0.39, 0.29) is 6.61 Å². The van der Waals surface area contributed by atoms with Crippen LogP contribution in [0.2, 0.25) is 0 Å². The minimum atomic E-state index is -1.38. The van der Waals surface area contributed by atoms with Gasteiger partial charge < -0.3 is 14.2 Å². The molecule has 0 spiro atoms. The van der Waals surface area contributed by atoms with Gasteiger partial charge in [-0.15, -0.1) is 0 Å². The van der Waals surface area contributed by atoms with Crippen molar-refractivity contribution in [3.05, 3.63) is 89.5 Å². The Morgan fingerprint density at radius 2 is 0.971 bits per heavy atom. The average molecular weight is 462 g/mol. The molecule has 34 heavy (non-hydrogen) atoms. The lowest BCUT2D eigenvalue weighted by atomic mass is 10.2. The van der Waals surface area contributed by atoms with Crippen LogP contribution in [0.4, 0.5) is 0 Å². The minimum Gasteiger partial charge on any atom is -0.484 e. The number of nitrogens with zero attached hydrogens (tertiary/aromatic N) is 1. The molecular weight excluding hydrogens is 434 g/mol. The molecule has 3 aromatic carbocycles. The van der Waals surface area contributed by atoms with Crippen LogP contribution in [-0.2, 0) is 0 Å². The van der Waals surface area contributed by atoms with Crippen molar-refractivity contribution in [2.75, 3.05) is 19.7 Å². The number of aldehydes is 3. The smallest absolute Gasteiger partial charge is 0.351 e. The summed E-state index contributed by atoms with van der Waals surface area (Å²) in [6.45, 7) is 5.12. The Morgan fingerprint density at radius 1 is 0.618 bits per heavy atom. The molecule has 0 radical (unpaired) electrons. The average Bonchev–Trinajstić information content (AvgIpc) is 2.89. The van der Waals surface area contributed by atoms with E-state index < -0.39 is 5.91 Å². The van der Waals surface area contributed by atoms with Crippen LogP contribution in [0.25, 0.3) is 0 Å². The first-order valence-electron chi connectivity index (χ1n) is 11.0. The number of benzene rings is 3. The monoisotopic (exact) mass is 461 g/mol. The highest BCUT2D eigenvalue weighted by atomic mass is 16.7. The van der Waals surface area contributed by atoms with Gasteiger partial charge in [0, 0.05) is 29.8 Å². The van der Waals surface area contributed by atoms with Crippen LogP contribution in [0.3, 0.4) is 0 Å². The molecular formula is C27H27NO6. The van der Waals surface area contributed by atoms with Gasteiger partial charge in [0.1, 0.15) is 36.1 Å². The van der Waals surface area contributed by atoms with Gasteiger partial charge in [-0.3, -0.25) is 14.4 Å². The van der Waals surface area contributed by atoms with E-state index in [1.165, 1.54) is 0 Å². The SMILES string of the molecule is CCN(CC)C(COc1ccc(C=O)cc1)(Oc1ccc(C=O)cc1)Oc1ccc(C=O)cc1. The van der Waals surface area contributed by atoms with Gasteiger partial charge in [0.05, 0.1) is 0 Å². The molecule has 0 saturated carbocycles. The van der Waals surface area contributed by atoms with Gasteiger partial charge in [0.15, 0.2) is 6.61 Å². The summed E-state index contributed by atoms with van der Waals surface area (Å²) in [4.78, 5) is 35.1. The highest BCUT2D eigenvalue weighted by Gasteiger charge is 2.42. The summed E-state index contributed by atoms with van der Waals surface area (Å²) in [5, 5.41) is 0. The molecule has 0 bridgehead atoms. The Bertz CT molecular complexity index is 1020. The summed E-state index contributed by atoms with van der Waals surface area (Å²) < 4.78 is 18.9. The molecule has 176 valence electrons. The van der Waals surface area contributed by atoms with Gasteiger partial charge in [-0.2, -0.15) is 0 Å². The first-order chi connectivity index (χ1) is 16.5. The molecule has 7 heteroatoms. The number of likely N-dealkylation sites (N-methyl/N-ethyl adjacent to an activating group) is 1. The van der Waals surface area contributed by atoms with Crippen LogP contribution in [0.5, 0.6) is 17.2 Å². The molecule has 0 saturated heterocycles. The van der Waals surface area contributed by atoms with Crippen LogP contribution in [-0.4, -0.2) is 49.4 Å². The molecule has 0 N–H and O–H groups in total. The number of rotatable bonds is 13. The second-order valence-corrected chi connectivity index (χ2v) is 7.44. The third-order valence-corrected chi connectivity index (χ3v) is 5.27. The summed E-state index contributed by atoms with van der Waals surface area (Å²) in [6, 6.07) is 20.2. The zero-order valence-corrected chi connectivity index (χ0v) is 19.2. The lowest BCUT2D eigenvalue weighted by Crippen LogP contribution is -2.61. The highest BCUT2D eigenvalue weighted by Crippen LogP contribution is 2.28. The summed E-state index contributed by atoms with van der Waals surface area (Å²) in [5.41, 5.74) is 1.59. The van der Waals surface area contributed by atoms with E-state index in [1.807, 2.05) is 18.7 Å². The third-order valence-electron chi connectivity index (χ3n) is 5.27. The van der Waals surface area contributed by atoms with Crippen LogP contribution < -0.4 is 14.2 Å². The van der Waals surface area contributed by atoms with E-state index in [9.17, 15) is 14.4 Å². The maximum atomic E-state index is 11.1. The van der Waals surface area contributed by atoms with Crippen molar-refractivity contribution in [3.63, 3.8) is 0 Å². The predicted molar refractivity (Wildman–Crippen MR) is 128 cm³/mol. The van der Waals surface area contributed by atoms with Crippen LogP contribution >= 0.6 is 0 Å². The largest absolute Gasteiger partial charge is 0.484 e. The van der Waals surface area contributed by atoms with Crippen molar-refractivity contribution in [2.24, 2.45) is 0 Å². The molecule has 0 fully saturated rings. The van der Waals surface area contributed by atoms with Crippen molar-refractivity contribution in [1.82, 2.24) is 4.90 Å². The molecule has 0 aliphatic heterocycles. The molecule has 7 nitrogen and oxygen atoms in total. The molecule has 0 aliphatic carbocycles. The molecule has 0 aliphatic rings. The number of ether oxygens (including phenoxy) is 3. The summed E-state index contributed by atoms with van der Waals surface area (Å²) in [6.07, 6.45) is 2.29. The molecule has 0 aromatic heterocycles. The van der Waals surface area contributed by atoms with Gasteiger partial charge in [-0.1, -0.05) is 13.8 Å². The quantitative estimate of drug-likeness (QED) is 0.271. The Kier molecular flexibility index (Phi) is 8.54. The number of hydrogen-bond acceptors (Lipinski definition) is 7. The normalized spacial score (nSPS) is 11.0. The second-order valence-electron chi connectivity index (χ2n) is 7.44. The van der Waals surface area contributed by atoms with Gasteiger partial charge in [0.2, 0.25) is 0 Å². The Hall–Kier alpha value is -3.97. The van der Waals surface area contributed by atoms with Crippen LogP contribution in [0, 0.1) is 0 Å². The summed E-state index contributed by atoms with van der Waals surface area (Å²) in [5.74, 6) is 0.142. The Balaban J connectivity index is 1.98. The van der Waals surface area contributed by atoms with E-state index in [0.717, 1.165) is 18.9 Å². The van der Waals surface area contributed by atoms with E-state index in [1.54, 1.807) is 72.8 Å². The van der Waals surface area contributed by atoms with Crippen molar-refractivity contribution >= 4 is 18.9 Å². The minimum absolute atomic E-state index is 0.0139. The lowest BCUT2D eigenvalue weighted by Gasteiger charge is -2.41. The standard InChI is InChI=1S/C27H27NO6/c1-3-28(4-2)27(33-25-13-7-22(18-30)8-14-25,34-26-15-9-23(19-31)10-16-26)20-32-24-11-5-21(17-29)6-12-24/h5-19H,3-4,20H2,1-2H3. The van der Waals surface area contributed by atoms with Crippen molar-refractivity contribution < 1.29 is 28.6 Å². The molecule has 3 rings (SSSR count). The van der Waals surface area contributed by atoms with Crippen molar-refractivity contribution in [3.8, 4) is 17.2 Å². The molecule has 0 unspecified atom stereocenters. The Morgan fingerprint density at radius 3 is 1.29 bits per heavy atom. The van der Waals surface area contributed by atoms with E-state index in [4.69, 9.17) is 14.2 Å². The fraction of sp³-hybridized carbons (Fsp3) is 0.222. The zero-order chi connectivity index (χ0) is 24.4. The van der Waals surface area contributed by atoms with Crippen molar-refractivity contribution in [1.29, 1.82) is 0 Å². The number of hydrogen-bond donors (Lipinski definition) is 0.